The maximum Gasteiger partial charge on any atom is 0.316 e. The summed E-state index contributed by atoms with van der Waals surface area (Å²) < 4.78 is 13.3. The number of urea groups is 1. The van der Waals surface area contributed by atoms with Crippen molar-refractivity contribution < 1.29 is 24.5 Å². The molecule has 4 rings (SSSR count). The summed E-state index contributed by atoms with van der Waals surface area (Å²) in [4.78, 5) is 19.1. The summed E-state index contributed by atoms with van der Waals surface area (Å²) in [5.41, 5.74) is 10.3. The van der Waals surface area contributed by atoms with Crippen molar-refractivity contribution >= 4 is 28.6 Å². The molecule has 1 aliphatic heterocycles. The second kappa shape index (κ2) is 7.44. The third-order valence-corrected chi connectivity index (χ3v) is 5.14. The van der Waals surface area contributed by atoms with Crippen LogP contribution in [-0.4, -0.2) is 55.2 Å². The summed E-state index contributed by atoms with van der Waals surface area (Å²) in [6.45, 7) is 1.43. The first-order valence-corrected chi connectivity index (χ1v) is 9.19. The maximum absolute atomic E-state index is 11.0. The van der Waals surface area contributed by atoms with Gasteiger partial charge in [0.1, 0.15) is 48.0 Å². The summed E-state index contributed by atoms with van der Waals surface area (Å²) >= 11 is 0. The van der Waals surface area contributed by atoms with E-state index in [-0.39, 0.29) is 6.61 Å². The molecule has 0 saturated carbocycles. The standard InChI is InChI=1S/C19H22N6O5/c1-19(28)13(8-29-11-4-2-3-10(7-11)24-18(21)27)30-17(14(19)26)25-6-5-12-15(20)22-9-23-16(12)25/h2-7,9,13-14,17,26,28H,8H2,1H3,(H2,20,22,23)(H3,21,24,27)/t13-,14+,17-,19-/m1/s1. The van der Waals surface area contributed by atoms with Gasteiger partial charge in [-0.05, 0) is 25.1 Å². The van der Waals surface area contributed by atoms with Gasteiger partial charge in [-0.2, -0.15) is 0 Å². The molecule has 0 unspecified atom stereocenters. The van der Waals surface area contributed by atoms with Crippen LogP contribution >= 0.6 is 0 Å². The van der Waals surface area contributed by atoms with E-state index in [4.69, 9.17) is 20.9 Å². The highest BCUT2D eigenvalue weighted by atomic mass is 16.6. The van der Waals surface area contributed by atoms with E-state index in [1.54, 1.807) is 41.1 Å². The first kappa shape index (κ1) is 19.9. The number of nitrogens with one attached hydrogen (secondary N) is 1. The van der Waals surface area contributed by atoms with Gasteiger partial charge in [0, 0.05) is 18.0 Å². The second-order valence-corrected chi connectivity index (χ2v) is 7.23. The number of nitrogen functional groups attached to an aromatic ring is 1. The minimum absolute atomic E-state index is 0.0447. The largest absolute Gasteiger partial charge is 0.491 e. The molecule has 0 aliphatic carbocycles. The van der Waals surface area contributed by atoms with Crippen LogP contribution in [0.5, 0.6) is 5.75 Å². The number of rotatable bonds is 5. The molecule has 0 bridgehead atoms. The summed E-state index contributed by atoms with van der Waals surface area (Å²) in [6.07, 6.45) is -0.00522. The van der Waals surface area contributed by atoms with Crippen molar-refractivity contribution in [1.82, 2.24) is 14.5 Å². The van der Waals surface area contributed by atoms with Crippen LogP contribution in [0.25, 0.3) is 11.0 Å². The number of anilines is 2. The monoisotopic (exact) mass is 414 g/mol. The van der Waals surface area contributed by atoms with Gasteiger partial charge in [0.15, 0.2) is 6.23 Å². The number of hydrogen-bond acceptors (Lipinski definition) is 8. The number of aliphatic hydroxyl groups is 2. The number of amides is 2. The Hall–Kier alpha value is -3.41. The molecule has 30 heavy (non-hydrogen) atoms. The average molecular weight is 414 g/mol. The van der Waals surface area contributed by atoms with Crippen LogP contribution in [0, 0.1) is 0 Å². The second-order valence-electron chi connectivity index (χ2n) is 7.23. The van der Waals surface area contributed by atoms with Gasteiger partial charge in [-0.15, -0.1) is 0 Å². The first-order chi connectivity index (χ1) is 14.3. The number of fused-ring (bicyclic) bond motifs is 1. The lowest BCUT2D eigenvalue weighted by Gasteiger charge is -2.26. The van der Waals surface area contributed by atoms with E-state index in [0.29, 0.717) is 28.3 Å². The fraction of sp³-hybridized carbons (Fsp3) is 0.316. The van der Waals surface area contributed by atoms with Crippen molar-refractivity contribution in [3.8, 4) is 5.75 Å². The van der Waals surface area contributed by atoms with Crippen molar-refractivity contribution in [1.29, 1.82) is 0 Å². The van der Waals surface area contributed by atoms with Gasteiger partial charge >= 0.3 is 6.03 Å². The molecule has 7 N–H and O–H groups in total. The molecular weight excluding hydrogens is 392 g/mol. The number of primary amides is 1. The highest BCUT2D eigenvalue weighted by Gasteiger charge is 2.53. The molecule has 3 aromatic rings. The molecule has 1 fully saturated rings. The topological polar surface area (TPSA) is 171 Å². The Balaban J connectivity index is 1.52. The minimum atomic E-state index is -1.59. The highest BCUT2D eigenvalue weighted by Crippen LogP contribution is 2.39. The summed E-state index contributed by atoms with van der Waals surface area (Å²) in [5, 5.41) is 24.7. The number of carbonyl (C=O) groups is 1. The third kappa shape index (κ3) is 3.49. The van der Waals surface area contributed by atoms with Gasteiger partial charge in [-0.25, -0.2) is 14.8 Å². The van der Waals surface area contributed by atoms with E-state index in [1.165, 1.54) is 13.3 Å². The van der Waals surface area contributed by atoms with Crippen molar-refractivity contribution in [3.05, 3.63) is 42.9 Å². The van der Waals surface area contributed by atoms with Gasteiger partial charge in [-0.1, -0.05) is 6.07 Å². The number of ether oxygens (including phenoxy) is 2. The number of nitrogens with zero attached hydrogens (tertiary/aromatic N) is 3. The zero-order chi connectivity index (χ0) is 21.5. The van der Waals surface area contributed by atoms with Crippen molar-refractivity contribution in [2.75, 3.05) is 17.7 Å². The Kier molecular flexibility index (Phi) is 4.94. The third-order valence-electron chi connectivity index (χ3n) is 5.14. The van der Waals surface area contributed by atoms with Crippen LogP contribution in [0.4, 0.5) is 16.3 Å². The normalized spacial score (nSPS) is 26.0. The van der Waals surface area contributed by atoms with Crippen molar-refractivity contribution in [3.63, 3.8) is 0 Å². The fourth-order valence-corrected chi connectivity index (χ4v) is 3.46. The van der Waals surface area contributed by atoms with E-state index in [2.05, 4.69) is 15.3 Å². The minimum Gasteiger partial charge on any atom is -0.491 e. The number of aromatic nitrogens is 3. The Morgan fingerprint density at radius 3 is 2.97 bits per heavy atom. The Bertz CT molecular complexity index is 1080. The van der Waals surface area contributed by atoms with Crippen LogP contribution in [0.15, 0.2) is 42.9 Å². The number of nitrogens with two attached hydrogens (primary N) is 2. The molecule has 4 atom stereocenters. The molecule has 158 valence electrons. The molecule has 0 radical (unpaired) electrons. The zero-order valence-electron chi connectivity index (χ0n) is 16.1. The zero-order valence-corrected chi connectivity index (χ0v) is 16.1. The van der Waals surface area contributed by atoms with E-state index in [9.17, 15) is 15.0 Å². The predicted molar refractivity (Wildman–Crippen MR) is 108 cm³/mol. The Labute approximate surface area is 171 Å². The van der Waals surface area contributed by atoms with Crippen LogP contribution < -0.4 is 21.5 Å². The molecule has 1 aliphatic rings. The van der Waals surface area contributed by atoms with Crippen LogP contribution in [0.3, 0.4) is 0 Å². The summed E-state index contributed by atoms with van der Waals surface area (Å²) in [5.74, 6) is 0.743. The quantitative estimate of drug-likeness (QED) is 0.404. The molecule has 1 aromatic carbocycles. The first-order valence-electron chi connectivity index (χ1n) is 9.19. The molecule has 3 heterocycles. The molecule has 1 saturated heterocycles. The molecule has 11 nitrogen and oxygen atoms in total. The van der Waals surface area contributed by atoms with Crippen LogP contribution in [-0.2, 0) is 4.74 Å². The van der Waals surface area contributed by atoms with Gasteiger partial charge in [0.25, 0.3) is 0 Å². The molecule has 2 aromatic heterocycles. The predicted octanol–water partition coefficient (Wildman–Crippen LogP) is 0.592. The van der Waals surface area contributed by atoms with Crippen LogP contribution in [0.1, 0.15) is 13.2 Å². The van der Waals surface area contributed by atoms with E-state index in [0.717, 1.165) is 0 Å². The lowest BCUT2D eigenvalue weighted by molar-refractivity contribution is -0.0765. The molecular formula is C19H22N6O5. The lowest BCUT2D eigenvalue weighted by Crippen LogP contribution is -2.47. The smallest absolute Gasteiger partial charge is 0.316 e. The van der Waals surface area contributed by atoms with Gasteiger partial charge in [0.2, 0.25) is 0 Å². The Morgan fingerprint density at radius 1 is 1.40 bits per heavy atom. The van der Waals surface area contributed by atoms with Gasteiger partial charge in [-0.3, -0.25) is 0 Å². The number of hydrogen-bond donors (Lipinski definition) is 5. The fourth-order valence-electron chi connectivity index (χ4n) is 3.46. The SMILES string of the molecule is C[C@@]1(O)[C@@H](COc2cccc(NC(N)=O)c2)O[C@@H](n2ccc3c(N)ncnc32)[C@@H]1O. The van der Waals surface area contributed by atoms with E-state index >= 15 is 0 Å². The van der Waals surface area contributed by atoms with E-state index in [1.807, 2.05) is 0 Å². The summed E-state index contributed by atoms with van der Waals surface area (Å²) in [6, 6.07) is 7.64. The molecule has 2 amide bonds. The average Bonchev–Trinajstić information content (AvgIpc) is 3.21. The number of benzene rings is 1. The maximum atomic E-state index is 11.0. The van der Waals surface area contributed by atoms with Gasteiger partial charge in [0.05, 0.1) is 5.39 Å². The highest BCUT2D eigenvalue weighted by molar-refractivity contribution is 5.88. The molecule has 11 heteroatoms. The van der Waals surface area contributed by atoms with Crippen molar-refractivity contribution in [2.24, 2.45) is 5.73 Å². The molecule has 0 spiro atoms. The van der Waals surface area contributed by atoms with Gasteiger partial charge < -0.3 is 41.0 Å². The van der Waals surface area contributed by atoms with Crippen molar-refractivity contribution in [2.45, 2.75) is 31.0 Å². The Morgan fingerprint density at radius 2 is 2.20 bits per heavy atom. The van der Waals surface area contributed by atoms with E-state index < -0.39 is 30.1 Å². The van der Waals surface area contributed by atoms with Crippen LogP contribution in [0.2, 0.25) is 0 Å². The number of aliphatic hydroxyl groups excluding tert-OH is 1. The lowest BCUT2D eigenvalue weighted by atomic mass is 9.95. The summed E-state index contributed by atoms with van der Waals surface area (Å²) in [7, 11) is 0. The number of carbonyl (C=O) groups excluding carboxylic acids is 1.